The maximum absolute atomic E-state index is 11.2. The molecule has 0 bridgehead atoms. The standard InChI is InChI=1S/C7H16N4O2/c1-5(9-2)7(13)10-11(3)4-6(8)12/h5,9H,4H2,1-3H3,(H2,8,12)(H,10,13). The van der Waals surface area contributed by atoms with Crippen LogP contribution in [0.1, 0.15) is 6.92 Å². The molecule has 0 aliphatic heterocycles. The van der Waals surface area contributed by atoms with Crippen LogP contribution in [-0.4, -0.2) is 43.5 Å². The van der Waals surface area contributed by atoms with Crippen molar-refractivity contribution in [2.24, 2.45) is 5.73 Å². The number of carbonyl (C=O) groups excluding carboxylic acids is 2. The first-order valence-electron chi connectivity index (χ1n) is 3.94. The van der Waals surface area contributed by atoms with Crippen LogP contribution in [0.4, 0.5) is 0 Å². The zero-order valence-electron chi connectivity index (χ0n) is 8.13. The van der Waals surface area contributed by atoms with Gasteiger partial charge in [0.2, 0.25) is 5.91 Å². The molecule has 0 radical (unpaired) electrons. The molecule has 0 fully saturated rings. The van der Waals surface area contributed by atoms with Crippen LogP contribution in [0, 0.1) is 0 Å². The fourth-order valence-corrected chi connectivity index (χ4v) is 0.689. The zero-order chi connectivity index (χ0) is 10.4. The zero-order valence-corrected chi connectivity index (χ0v) is 8.13. The van der Waals surface area contributed by atoms with Crippen molar-refractivity contribution in [3.63, 3.8) is 0 Å². The molecule has 6 heteroatoms. The number of nitrogens with two attached hydrogens (primary N) is 1. The number of nitrogens with zero attached hydrogens (tertiary/aromatic N) is 1. The van der Waals surface area contributed by atoms with Gasteiger partial charge < -0.3 is 11.1 Å². The monoisotopic (exact) mass is 188 g/mol. The molecule has 0 aliphatic carbocycles. The molecule has 2 amide bonds. The molecule has 1 atom stereocenters. The van der Waals surface area contributed by atoms with Crippen molar-refractivity contribution >= 4 is 11.8 Å². The molecule has 0 spiro atoms. The van der Waals surface area contributed by atoms with Crippen LogP contribution < -0.4 is 16.5 Å². The third-order valence-electron chi connectivity index (χ3n) is 1.52. The molecule has 0 heterocycles. The van der Waals surface area contributed by atoms with E-state index in [9.17, 15) is 9.59 Å². The van der Waals surface area contributed by atoms with Crippen molar-refractivity contribution in [2.75, 3.05) is 20.6 Å². The van der Waals surface area contributed by atoms with Gasteiger partial charge in [-0.15, -0.1) is 0 Å². The summed E-state index contributed by atoms with van der Waals surface area (Å²) in [4.78, 5) is 21.6. The van der Waals surface area contributed by atoms with E-state index in [0.717, 1.165) is 0 Å². The lowest BCUT2D eigenvalue weighted by Gasteiger charge is -2.18. The summed E-state index contributed by atoms with van der Waals surface area (Å²) in [6.07, 6.45) is 0. The third-order valence-corrected chi connectivity index (χ3v) is 1.52. The second kappa shape index (κ2) is 5.50. The van der Waals surface area contributed by atoms with Gasteiger partial charge in [-0.2, -0.15) is 0 Å². The Bertz CT molecular complexity index is 195. The Labute approximate surface area is 77.4 Å². The average molecular weight is 188 g/mol. The van der Waals surface area contributed by atoms with Crippen LogP contribution in [0.5, 0.6) is 0 Å². The van der Waals surface area contributed by atoms with Gasteiger partial charge in [-0.05, 0) is 14.0 Å². The highest BCUT2D eigenvalue weighted by Gasteiger charge is 2.12. The molecular weight excluding hydrogens is 172 g/mol. The van der Waals surface area contributed by atoms with E-state index in [0.29, 0.717) is 0 Å². The summed E-state index contributed by atoms with van der Waals surface area (Å²) < 4.78 is 0. The van der Waals surface area contributed by atoms with Gasteiger partial charge in [-0.25, -0.2) is 5.01 Å². The van der Waals surface area contributed by atoms with Gasteiger partial charge in [-0.1, -0.05) is 0 Å². The Morgan fingerprint density at radius 2 is 2.08 bits per heavy atom. The van der Waals surface area contributed by atoms with Gasteiger partial charge in [-0.3, -0.25) is 15.0 Å². The van der Waals surface area contributed by atoms with Gasteiger partial charge in [0, 0.05) is 7.05 Å². The molecule has 1 unspecified atom stereocenters. The minimum absolute atomic E-state index is 0.00216. The van der Waals surface area contributed by atoms with E-state index in [-0.39, 0.29) is 18.5 Å². The molecule has 6 nitrogen and oxygen atoms in total. The molecule has 0 aromatic rings. The second-order valence-corrected chi connectivity index (χ2v) is 2.81. The van der Waals surface area contributed by atoms with Crippen molar-refractivity contribution in [3.05, 3.63) is 0 Å². The molecule has 0 aliphatic rings. The number of hydrogen-bond donors (Lipinski definition) is 3. The number of hydrazine groups is 1. The van der Waals surface area contributed by atoms with Crippen LogP contribution in [0.15, 0.2) is 0 Å². The van der Waals surface area contributed by atoms with Crippen molar-refractivity contribution in [3.8, 4) is 0 Å². The number of primary amides is 1. The van der Waals surface area contributed by atoms with Crippen molar-refractivity contribution in [1.29, 1.82) is 0 Å². The Morgan fingerprint density at radius 1 is 1.54 bits per heavy atom. The van der Waals surface area contributed by atoms with Gasteiger partial charge in [0.25, 0.3) is 5.91 Å². The lowest BCUT2D eigenvalue weighted by molar-refractivity contribution is -0.128. The van der Waals surface area contributed by atoms with E-state index in [4.69, 9.17) is 5.73 Å². The number of carbonyl (C=O) groups is 2. The molecule has 13 heavy (non-hydrogen) atoms. The van der Waals surface area contributed by atoms with Crippen LogP contribution >= 0.6 is 0 Å². The number of hydrogen-bond acceptors (Lipinski definition) is 4. The van der Waals surface area contributed by atoms with Crippen molar-refractivity contribution < 1.29 is 9.59 Å². The Kier molecular flexibility index (Phi) is 5.01. The highest BCUT2D eigenvalue weighted by Crippen LogP contribution is 1.81. The maximum Gasteiger partial charge on any atom is 0.251 e. The minimum atomic E-state index is -0.486. The van der Waals surface area contributed by atoms with E-state index in [1.807, 2.05) is 0 Å². The summed E-state index contributed by atoms with van der Waals surface area (Å²) in [5.41, 5.74) is 7.42. The lowest BCUT2D eigenvalue weighted by Crippen LogP contribution is -2.49. The molecule has 76 valence electrons. The highest BCUT2D eigenvalue weighted by molar-refractivity contribution is 5.81. The number of likely N-dealkylation sites (N-methyl/N-ethyl adjacent to an activating group) is 2. The van der Waals surface area contributed by atoms with Crippen molar-refractivity contribution in [1.82, 2.24) is 15.8 Å². The molecule has 0 rings (SSSR count). The molecule has 0 aromatic heterocycles. The number of nitrogens with one attached hydrogen (secondary N) is 2. The second-order valence-electron chi connectivity index (χ2n) is 2.81. The molecule has 4 N–H and O–H groups in total. The van der Waals surface area contributed by atoms with E-state index < -0.39 is 5.91 Å². The first-order chi connectivity index (χ1) is 5.97. The topological polar surface area (TPSA) is 87.5 Å². The van der Waals surface area contributed by atoms with Crippen LogP contribution in [0.25, 0.3) is 0 Å². The van der Waals surface area contributed by atoms with Crippen LogP contribution in [-0.2, 0) is 9.59 Å². The summed E-state index contributed by atoms with van der Waals surface area (Å²) >= 11 is 0. The molecule has 0 aromatic carbocycles. The summed E-state index contributed by atoms with van der Waals surface area (Å²) in [7, 11) is 3.25. The first kappa shape index (κ1) is 11.9. The van der Waals surface area contributed by atoms with E-state index >= 15 is 0 Å². The number of rotatable bonds is 5. The van der Waals surface area contributed by atoms with Gasteiger partial charge in [0.15, 0.2) is 0 Å². The Balaban J connectivity index is 3.84. The first-order valence-corrected chi connectivity index (χ1v) is 3.94. The molecular formula is C7H16N4O2. The summed E-state index contributed by atoms with van der Waals surface area (Å²) in [5, 5.41) is 4.11. The van der Waals surface area contributed by atoms with Gasteiger partial charge in [0.05, 0.1) is 12.6 Å². The van der Waals surface area contributed by atoms with Crippen molar-refractivity contribution in [2.45, 2.75) is 13.0 Å². The Hall–Kier alpha value is -1.14. The Morgan fingerprint density at radius 3 is 2.46 bits per heavy atom. The summed E-state index contributed by atoms with van der Waals surface area (Å²) in [6.45, 7) is 1.72. The molecule has 0 saturated heterocycles. The van der Waals surface area contributed by atoms with Crippen LogP contribution in [0.2, 0.25) is 0 Å². The predicted octanol–water partition coefficient (Wildman–Crippen LogP) is -1.96. The number of amides is 2. The average Bonchev–Trinajstić information content (AvgIpc) is 2.01. The third kappa shape index (κ3) is 5.15. The van der Waals surface area contributed by atoms with Gasteiger partial charge in [0.1, 0.15) is 0 Å². The minimum Gasteiger partial charge on any atom is -0.368 e. The maximum atomic E-state index is 11.2. The normalized spacial score (nSPS) is 12.6. The highest BCUT2D eigenvalue weighted by atomic mass is 16.2. The predicted molar refractivity (Wildman–Crippen MR) is 48.5 cm³/mol. The lowest BCUT2D eigenvalue weighted by atomic mass is 10.3. The van der Waals surface area contributed by atoms with E-state index in [1.165, 1.54) is 5.01 Å². The van der Waals surface area contributed by atoms with Crippen LogP contribution in [0.3, 0.4) is 0 Å². The fourth-order valence-electron chi connectivity index (χ4n) is 0.689. The van der Waals surface area contributed by atoms with E-state index in [2.05, 4.69) is 10.7 Å². The summed E-state index contributed by atoms with van der Waals surface area (Å²) in [5.74, 6) is -0.689. The summed E-state index contributed by atoms with van der Waals surface area (Å²) in [6, 6.07) is -0.296. The largest absolute Gasteiger partial charge is 0.368 e. The van der Waals surface area contributed by atoms with E-state index in [1.54, 1.807) is 21.0 Å². The smallest absolute Gasteiger partial charge is 0.251 e. The molecule has 0 saturated carbocycles. The van der Waals surface area contributed by atoms with Gasteiger partial charge >= 0.3 is 0 Å². The quantitative estimate of drug-likeness (QED) is 0.437. The SMILES string of the molecule is CNC(C)C(=O)NN(C)CC(N)=O. The fraction of sp³-hybridized carbons (Fsp3) is 0.714.